The van der Waals surface area contributed by atoms with Crippen molar-refractivity contribution in [1.29, 1.82) is 0 Å². The van der Waals surface area contributed by atoms with E-state index in [-0.39, 0.29) is 69.2 Å². The summed E-state index contributed by atoms with van der Waals surface area (Å²) in [6, 6.07) is 14.3. The van der Waals surface area contributed by atoms with Gasteiger partial charge in [0, 0.05) is 50.9 Å². The van der Waals surface area contributed by atoms with E-state index in [0.717, 1.165) is 16.7 Å². The number of ether oxygens (including phenoxy) is 2. The molecule has 2 aliphatic heterocycles. The molecule has 3 aromatic rings. The number of benzene rings is 2. The van der Waals surface area contributed by atoms with Crippen LogP contribution in [0.25, 0.3) is 0 Å². The van der Waals surface area contributed by atoms with Gasteiger partial charge in [0.2, 0.25) is 17.7 Å². The number of piperidine rings is 1. The maximum Gasteiger partial charge on any atom is 0.410 e. The van der Waals surface area contributed by atoms with Gasteiger partial charge in [-0.05, 0) is 68.9 Å². The molecule has 3 heterocycles. The smallest absolute Gasteiger partial charge is 0.410 e. The van der Waals surface area contributed by atoms with Crippen LogP contribution in [0.2, 0.25) is 0 Å². The number of likely N-dealkylation sites (tertiary alicyclic amines) is 1. The highest BCUT2D eigenvalue weighted by Gasteiger charge is 2.46. The van der Waals surface area contributed by atoms with Gasteiger partial charge in [-0.15, -0.1) is 0 Å². The SMILES string of the molecule is CC(C)(C)OC(=O)N1Cc2ccc(Oc3ncn(CC4(O)CCN(C(=O)[C@@H]5CCC(F)(F)C[C@H]5c5ccccc5)CC4)c(=O)c3N)cc2C1. The van der Waals surface area contributed by atoms with E-state index in [1.807, 2.05) is 32.9 Å². The van der Waals surface area contributed by atoms with Crippen molar-refractivity contribution in [3.63, 3.8) is 0 Å². The summed E-state index contributed by atoms with van der Waals surface area (Å²) in [5.41, 5.74) is 5.99. The Labute approximate surface area is 283 Å². The van der Waals surface area contributed by atoms with Crippen LogP contribution in [0.3, 0.4) is 0 Å². The molecule has 6 rings (SSSR count). The Kier molecular flexibility index (Phi) is 9.16. The first kappa shape index (κ1) is 34.3. The lowest BCUT2D eigenvalue weighted by atomic mass is 9.73. The highest BCUT2D eigenvalue weighted by molar-refractivity contribution is 5.80. The summed E-state index contributed by atoms with van der Waals surface area (Å²) in [5, 5.41) is 11.4. The number of carbonyl (C=O) groups excluding carboxylic acids is 2. The van der Waals surface area contributed by atoms with Crippen LogP contribution in [0, 0.1) is 5.92 Å². The van der Waals surface area contributed by atoms with Gasteiger partial charge in [-0.2, -0.15) is 0 Å². The van der Waals surface area contributed by atoms with E-state index in [4.69, 9.17) is 15.2 Å². The van der Waals surface area contributed by atoms with Crippen molar-refractivity contribution in [3.8, 4) is 11.6 Å². The second-order valence-corrected chi connectivity index (χ2v) is 14.5. The van der Waals surface area contributed by atoms with Crippen molar-refractivity contribution in [2.75, 3.05) is 18.8 Å². The molecule has 0 radical (unpaired) electrons. The summed E-state index contributed by atoms with van der Waals surface area (Å²) >= 11 is 0. The summed E-state index contributed by atoms with van der Waals surface area (Å²) in [5.74, 6) is -3.85. The molecule has 0 spiro atoms. The van der Waals surface area contributed by atoms with E-state index in [9.17, 15) is 28.3 Å². The molecule has 1 aliphatic carbocycles. The molecule has 2 aromatic carbocycles. The minimum absolute atomic E-state index is 0.0818. The van der Waals surface area contributed by atoms with Crippen LogP contribution < -0.4 is 16.0 Å². The van der Waals surface area contributed by atoms with E-state index in [1.54, 1.807) is 46.2 Å². The standard InChI is InChI=1S/C36H43F2N5O6/c1-34(2,3)49-33(46)42-19-24-9-10-26(17-25(24)20-42)48-30-29(39)32(45)43(22-40-30)21-35(47)13-15-41(16-14-35)31(44)27-11-12-36(37,38)18-28(27)23-7-5-4-6-8-23/h4-10,17,22,27-28,47H,11-16,18-21,39H2,1-3H3/t27-,28+/m1/s1. The maximum atomic E-state index is 14.4. The van der Waals surface area contributed by atoms with E-state index >= 15 is 0 Å². The third-order valence-electron chi connectivity index (χ3n) is 9.64. The normalized spacial score (nSPS) is 21.6. The number of aliphatic hydroxyl groups is 1. The van der Waals surface area contributed by atoms with Gasteiger partial charge in [0.1, 0.15) is 17.7 Å². The number of hydrogen-bond donors (Lipinski definition) is 2. The van der Waals surface area contributed by atoms with Crippen molar-refractivity contribution in [1.82, 2.24) is 19.4 Å². The quantitative estimate of drug-likeness (QED) is 0.351. The molecule has 3 aliphatic rings. The molecular formula is C36H43F2N5O6. The van der Waals surface area contributed by atoms with Crippen molar-refractivity contribution in [3.05, 3.63) is 81.9 Å². The molecule has 1 aromatic heterocycles. The number of halogens is 2. The Balaban J connectivity index is 1.07. The number of nitrogens with two attached hydrogens (primary N) is 1. The van der Waals surface area contributed by atoms with E-state index < -0.39 is 40.6 Å². The number of carbonyl (C=O) groups is 2. The highest BCUT2D eigenvalue weighted by atomic mass is 19.3. The number of nitrogens with zero attached hydrogens (tertiary/aromatic N) is 4. The van der Waals surface area contributed by atoms with Gasteiger partial charge in [-0.3, -0.25) is 19.1 Å². The Bertz CT molecular complexity index is 1770. The first-order chi connectivity index (χ1) is 23.1. The molecule has 2 fully saturated rings. The molecular weight excluding hydrogens is 636 g/mol. The zero-order valence-electron chi connectivity index (χ0n) is 28.0. The van der Waals surface area contributed by atoms with Gasteiger partial charge in [-0.1, -0.05) is 36.4 Å². The Morgan fingerprint density at radius 3 is 2.41 bits per heavy atom. The minimum Gasteiger partial charge on any atom is -0.444 e. The average molecular weight is 680 g/mol. The van der Waals surface area contributed by atoms with Crippen molar-refractivity contribution in [2.24, 2.45) is 5.92 Å². The fraction of sp³-hybridized carbons (Fsp3) is 0.500. The second kappa shape index (κ2) is 13.1. The average Bonchev–Trinajstić information content (AvgIpc) is 3.48. The van der Waals surface area contributed by atoms with Gasteiger partial charge in [0.05, 0.1) is 12.1 Å². The van der Waals surface area contributed by atoms with E-state index in [2.05, 4.69) is 4.98 Å². The van der Waals surface area contributed by atoms with Crippen LogP contribution in [-0.4, -0.2) is 66.7 Å². The number of alkyl halides is 2. The number of hydrogen-bond acceptors (Lipinski definition) is 8. The zero-order valence-corrected chi connectivity index (χ0v) is 28.0. The molecule has 0 unspecified atom stereocenters. The van der Waals surface area contributed by atoms with Crippen molar-refractivity contribution >= 4 is 17.7 Å². The minimum atomic E-state index is -2.82. The summed E-state index contributed by atoms with van der Waals surface area (Å²) in [6.45, 7) is 6.55. The van der Waals surface area contributed by atoms with Gasteiger partial charge in [0.15, 0.2) is 5.69 Å². The van der Waals surface area contributed by atoms with Gasteiger partial charge in [-0.25, -0.2) is 18.6 Å². The molecule has 13 heteroatoms. The molecule has 1 saturated heterocycles. The van der Waals surface area contributed by atoms with Gasteiger partial charge < -0.3 is 25.2 Å². The summed E-state index contributed by atoms with van der Waals surface area (Å²) in [6.07, 6.45) is 0.634. The Morgan fingerprint density at radius 1 is 1.02 bits per heavy atom. The van der Waals surface area contributed by atoms with Crippen LogP contribution in [0.15, 0.2) is 59.7 Å². The number of amides is 2. The highest BCUT2D eigenvalue weighted by Crippen LogP contribution is 2.46. The largest absolute Gasteiger partial charge is 0.444 e. The first-order valence-corrected chi connectivity index (χ1v) is 16.7. The molecule has 3 N–H and O–H groups in total. The molecule has 11 nitrogen and oxygen atoms in total. The fourth-order valence-corrected chi connectivity index (χ4v) is 7.02. The molecule has 2 amide bonds. The number of anilines is 1. The van der Waals surface area contributed by atoms with Crippen LogP contribution in [0.1, 0.15) is 75.5 Å². The molecule has 262 valence electrons. The number of rotatable bonds is 6. The lowest BCUT2D eigenvalue weighted by Gasteiger charge is -2.42. The lowest BCUT2D eigenvalue weighted by molar-refractivity contribution is -0.145. The van der Waals surface area contributed by atoms with Crippen molar-refractivity contribution < 1.29 is 33.0 Å². The molecule has 0 bridgehead atoms. The maximum absolute atomic E-state index is 14.4. The third-order valence-corrected chi connectivity index (χ3v) is 9.64. The summed E-state index contributed by atoms with van der Waals surface area (Å²) in [7, 11) is 0. The predicted octanol–water partition coefficient (Wildman–Crippen LogP) is 5.44. The molecule has 2 atom stereocenters. The fourth-order valence-electron chi connectivity index (χ4n) is 7.02. The van der Waals surface area contributed by atoms with E-state index in [0.29, 0.717) is 18.8 Å². The monoisotopic (exact) mass is 679 g/mol. The molecule has 49 heavy (non-hydrogen) atoms. The lowest BCUT2D eigenvalue weighted by Crippen LogP contribution is -2.52. The predicted molar refractivity (Wildman–Crippen MR) is 177 cm³/mol. The molecule has 1 saturated carbocycles. The third kappa shape index (κ3) is 7.71. The van der Waals surface area contributed by atoms with Crippen LogP contribution in [-0.2, 0) is 29.2 Å². The first-order valence-electron chi connectivity index (χ1n) is 16.7. The van der Waals surface area contributed by atoms with Crippen LogP contribution >= 0.6 is 0 Å². The number of aromatic nitrogens is 2. The van der Waals surface area contributed by atoms with Gasteiger partial charge in [0.25, 0.3) is 5.56 Å². The van der Waals surface area contributed by atoms with Crippen LogP contribution in [0.4, 0.5) is 19.3 Å². The zero-order chi connectivity index (χ0) is 35.1. The number of fused-ring (bicyclic) bond motifs is 1. The Hall–Kier alpha value is -4.52. The topological polar surface area (TPSA) is 140 Å². The van der Waals surface area contributed by atoms with Crippen molar-refractivity contribution in [2.45, 2.75) is 95.6 Å². The van der Waals surface area contributed by atoms with Crippen LogP contribution in [0.5, 0.6) is 11.6 Å². The number of nitrogen functional groups attached to an aromatic ring is 1. The van der Waals surface area contributed by atoms with Gasteiger partial charge >= 0.3 is 6.09 Å². The summed E-state index contributed by atoms with van der Waals surface area (Å²) in [4.78, 5) is 46.9. The second-order valence-electron chi connectivity index (χ2n) is 14.5. The Morgan fingerprint density at radius 2 is 1.71 bits per heavy atom. The van der Waals surface area contributed by atoms with E-state index in [1.165, 1.54) is 10.9 Å². The summed E-state index contributed by atoms with van der Waals surface area (Å²) < 4.78 is 41.4.